The maximum Gasteiger partial charge on any atom is 0.340 e. The van der Waals surface area contributed by atoms with Crippen molar-refractivity contribution in [3.8, 4) is 0 Å². The normalized spacial score (nSPS) is 9.61. The van der Waals surface area contributed by atoms with E-state index in [4.69, 9.17) is 0 Å². The van der Waals surface area contributed by atoms with E-state index in [-0.39, 0.29) is 16.9 Å². The highest BCUT2D eigenvalue weighted by Gasteiger charge is 2.16. The Bertz CT molecular complexity index is 473. The monoisotopic (exact) mass is 251 g/mol. The predicted molar refractivity (Wildman–Crippen MR) is 66.3 cm³/mol. The molecule has 96 valence electrons. The van der Waals surface area contributed by atoms with Crippen LogP contribution in [0.4, 0.5) is 11.4 Å². The molecule has 7 heteroatoms. The van der Waals surface area contributed by atoms with Crippen molar-refractivity contribution in [1.82, 2.24) is 5.43 Å². The van der Waals surface area contributed by atoms with Gasteiger partial charge in [0.2, 0.25) is 0 Å². The number of carbonyl (C=O) groups is 1. The van der Waals surface area contributed by atoms with Crippen LogP contribution in [0, 0.1) is 10.1 Å². The second-order valence-corrected chi connectivity index (χ2v) is 3.27. The van der Waals surface area contributed by atoms with Gasteiger partial charge in [-0.05, 0) is 6.07 Å². The number of hydrazine groups is 1. The van der Waals surface area contributed by atoms with Gasteiger partial charge >= 0.3 is 5.97 Å². The number of nitrogens with zero attached hydrogens (tertiary/aromatic N) is 1. The molecule has 0 aliphatic rings. The lowest BCUT2D eigenvalue weighted by Gasteiger charge is -2.10. The first-order chi connectivity index (χ1) is 8.60. The summed E-state index contributed by atoms with van der Waals surface area (Å²) in [5.74, 6) is -0.576. The van der Waals surface area contributed by atoms with E-state index >= 15 is 0 Å². The van der Waals surface area contributed by atoms with Gasteiger partial charge < -0.3 is 10.2 Å². The highest BCUT2D eigenvalue weighted by atomic mass is 16.6. The van der Waals surface area contributed by atoms with Gasteiger partial charge in [0.05, 0.1) is 23.3 Å². The molecule has 0 bridgehead atoms. The summed E-state index contributed by atoms with van der Waals surface area (Å²) in [7, 11) is 1.24. The Labute approximate surface area is 104 Å². The van der Waals surface area contributed by atoms with Crippen LogP contribution in [0.1, 0.15) is 10.4 Å². The molecule has 0 amide bonds. The minimum atomic E-state index is -0.576. The first-order valence-electron chi connectivity index (χ1n) is 5.06. The number of non-ortho nitro benzene ring substituents is 1. The molecule has 1 aromatic carbocycles. The number of methoxy groups -OCH3 is 1. The molecule has 0 saturated heterocycles. The molecule has 0 unspecified atom stereocenters. The van der Waals surface area contributed by atoms with E-state index in [0.717, 1.165) is 0 Å². The second kappa shape index (κ2) is 6.36. The highest BCUT2D eigenvalue weighted by molar-refractivity contribution is 5.96. The maximum absolute atomic E-state index is 11.5. The molecule has 1 aromatic rings. The molecule has 7 nitrogen and oxygen atoms in total. The number of anilines is 1. The summed E-state index contributed by atoms with van der Waals surface area (Å²) in [5.41, 5.74) is 5.80. The van der Waals surface area contributed by atoms with Gasteiger partial charge in [0, 0.05) is 18.7 Å². The fourth-order valence-corrected chi connectivity index (χ4v) is 1.26. The fraction of sp³-hybridized carbons (Fsp3) is 0.182. The second-order valence-electron chi connectivity index (χ2n) is 3.27. The molecule has 1 rings (SSSR count). The maximum atomic E-state index is 11.5. The quantitative estimate of drug-likeness (QED) is 0.261. The van der Waals surface area contributed by atoms with Crippen molar-refractivity contribution >= 4 is 17.3 Å². The third-order valence-electron chi connectivity index (χ3n) is 2.09. The lowest BCUT2D eigenvalue weighted by atomic mass is 10.1. The van der Waals surface area contributed by atoms with E-state index in [1.807, 2.05) is 0 Å². The van der Waals surface area contributed by atoms with Gasteiger partial charge in [-0.15, -0.1) is 6.58 Å². The van der Waals surface area contributed by atoms with Gasteiger partial charge in [-0.3, -0.25) is 10.1 Å². The van der Waals surface area contributed by atoms with Crippen molar-refractivity contribution in [2.45, 2.75) is 0 Å². The summed E-state index contributed by atoms with van der Waals surface area (Å²) >= 11 is 0. The summed E-state index contributed by atoms with van der Waals surface area (Å²) in [5, 5.41) is 10.7. The number of ether oxygens (including phenoxy) is 1. The predicted octanol–water partition coefficient (Wildman–Crippen LogP) is 1.48. The number of nitro benzene ring substituents is 1. The van der Waals surface area contributed by atoms with Crippen LogP contribution in [0.3, 0.4) is 0 Å². The Morgan fingerprint density at radius 2 is 2.33 bits per heavy atom. The molecule has 0 aliphatic carbocycles. The number of carbonyl (C=O) groups excluding carboxylic acids is 1. The smallest absolute Gasteiger partial charge is 0.340 e. The fourth-order valence-electron chi connectivity index (χ4n) is 1.26. The van der Waals surface area contributed by atoms with Crippen LogP contribution >= 0.6 is 0 Å². The first kappa shape index (κ1) is 13.7. The van der Waals surface area contributed by atoms with Gasteiger partial charge in [-0.2, -0.15) is 0 Å². The third-order valence-corrected chi connectivity index (χ3v) is 2.09. The van der Waals surface area contributed by atoms with E-state index in [9.17, 15) is 14.9 Å². The standard InChI is InChI=1S/C11H13N3O4/c1-3-6-12-13-10-7-8(14(16)17)4-5-9(10)11(15)18-2/h3-5,7,12-13H,1,6H2,2H3. The Morgan fingerprint density at radius 1 is 1.61 bits per heavy atom. The van der Waals surface area contributed by atoms with Crippen LogP contribution in [-0.4, -0.2) is 24.5 Å². The molecular formula is C11H13N3O4. The number of esters is 1. The van der Waals surface area contributed by atoms with E-state index in [1.54, 1.807) is 6.08 Å². The molecule has 0 fully saturated rings. The number of benzene rings is 1. The van der Waals surface area contributed by atoms with E-state index in [2.05, 4.69) is 22.2 Å². The summed E-state index contributed by atoms with van der Waals surface area (Å²) in [4.78, 5) is 21.6. The minimum absolute atomic E-state index is 0.120. The lowest BCUT2D eigenvalue weighted by molar-refractivity contribution is -0.384. The molecule has 0 saturated carbocycles. The van der Waals surface area contributed by atoms with Crippen LogP contribution in [0.2, 0.25) is 0 Å². The number of rotatable bonds is 6. The Morgan fingerprint density at radius 3 is 2.89 bits per heavy atom. The average molecular weight is 251 g/mol. The lowest BCUT2D eigenvalue weighted by Crippen LogP contribution is -2.23. The van der Waals surface area contributed by atoms with Crippen LogP contribution in [-0.2, 0) is 4.74 Å². The number of hydrogen-bond acceptors (Lipinski definition) is 6. The van der Waals surface area contributed by atoms with Crippen molar-refractivity contribution in [3.05, 3.63) is 46.5 Å². The molecule has 0 aromatic heterocycles. The van der Waals surface area contributed by atoms with Crippen molar-refractivity contribution in [3.63, 3.8) is 0 Å². The topological polar surface area (TPSA) is 93.5 Å². The molecule has 0 atom stereocenters. The summed E-state index contributed by atoms with van der Waals surface area (Å²) in [6, 6.07) is 3.83. The summed E-state index contributed by atoms with van der Waals surface area (Å²) < 4.78 is 4.59. The zero-order chi connectivity index (χ0) is 13.5. The van der Waals surface area contributed by atoms with Crippen LogP contribution in [0.5, 0.6) is 0 Å². The van der Waals surface area contributed by atoms with E-state index in [1.165, 1.54) is 25.3 Å². The minimum Gasteiger partial charge on any atom is -0.465 e. The Kier molecular flexibility index (Phi) is 4.82. The van der Waals surface area contributed by atoms with Gasteiger partial charge in [0.1, 0.15) is 0 Å². The summed E-state index contributed by atoms with van der Waals surface area (Å²) in [6.45, 7) is 3.94. The Balaban J connectivity index is 3.05. The molecule has 0 radical (unpaired) electrons. The number of nitrogens with one attached hydrogen (secondary N) is 2. The van der Waals surface area contributed by atoms with Gasteiger partial charge in [-0.1, -0.05) is 6.08 Å². The van der Waals surface area contributed by atoms with Gasteiger partial charge in [-0.25, -0.2) is 10.2 Å². The zero-order valence-electron chi connectivity index (χ0n) is 9.80. The molecule has 2 N–H and O–H groups in total. The molecule has 0 spiro atoms. The van der Waals surface area contributed by atoms with Crippen LogP contribution in [0.15, 0.2) is 30.9 Å². The number of hydrogen-bond donors (Lipinski definition) is 2. The van der Waals surface area contributed by atoms with Crippen molar-refractivity contribution in [2.75, 3.05) is 19.1 Å². The summed E-state index contributed by atoms with van der Waals surface area (Å²) in [6.07, 6.45) is 1.60. The molecule has 0 aliphatic heterocycles. The van der Waals surface area contributed by atoms with Crippen molar-refractivity contribution < 1.29 is 14.5 Å². The van der Waals surface area contributed by atoms with Crippen molar-refractivity contribution in [1.29, 1.82) is 0 Å². The third kappa shape index (κ3) is 3.29. The SMILES string of the molecule is C=CCNNc1cc([N+](=O)[O-])ccc1C(=O)OC. The molecule has 18 heavy (non-hydrogen) atoms. The first-order valence-corrected chi connectivity index (χ1v) is 5.06. The van der Waals surface area contributed by atoms with Crippen molar-refractivity contribution in [2.24, 2.45) is 0 Å². The van der Waals surface area contributed by atoms with Crippen LogP contribution in [0.25, 0.3) is 0 Å². The molecular weight excluding hydrogens is 238 g/mol. The van der Waals surface area contributed by atoms with Gasteiger partial charge in [0.15, 0.2) is 0 Å². The highest BCUT2D eigenvalue weighted by Crippen LogP contribution is 2.22. The average Bonchev–Trinajstić information content (AvgIpc) is 2.38. The van der Waals surface area contributed by atoms with E-state index < -0.39 is 10.9 Å². The van der Waals surface area contributed by atoms with E-state index in [0.29, 0.717) is 6.54 Å². The van der Waals surface area contributed by atoms with Crippen LogP contribution < -0.4 is 10.9 Å². The number of nitro groups is 1. The molecule has 0 heterocycles. The zero-order valence-corrected chi connectivity index (χ0v) is 9.80. The van der Waals surface area contributed by atoms with Gasteiger partial charge in [0.25, 0.3) is 5.69 Å². The Hall–Kier alpha value is -2.41. The largest absolute Gasteiger partial charge is 0.465 e.